The molecule has 0 fully saturated rings. The van der Waals surface area contributed by atoms with Gasteiger partial charge in [-0.2, -0.15) is 0 Å². The molecule has 1 heterocycles. The zero-order chi connectivity index (χ0) is 18.7. The molecule has 0 amide bonds. The van der Waals surface area contributed by atoms with Gasteiger partial charge in [0, 0.05) is 18.0 Å². The Hall–Kier alpha value is -1.75. The van der Waals surface area contributed by atoms with Gasteiger partial charge in [-0.3, -0.25) is 4.21 Å². The molecule has 3 nitrogen and oxygen atoms in total. The minimum atomic E-state index is -1.18. The zero-order valence-electron chi connectivity index (χ0n) is 15.6. The number of unbranched alkanes of at least 4 members (excludes halogenated alkanes) is 1. The highest BCUT2D eigenvalue weighted by Crippen LogP contribution is 2.43. The van der Waals surface area contributed by atoms with Crippen LogP contribution in [0.15, 0.2) is 47.4 Å². The average Bonchev–Trinajstić information content (AvgIpc) is 2.77. The largest absolute Gasteiger partial charge is 0.509 e. The average molecular weight is 367 g/mol. The van der Waals surface area contributed by atoms with Gasteiger partial charge in [0.2, 0.25) is 0 Å². The van der Waals surface area contributed by atoms with Crippen LogP contribution < -0.4 is 10.4 Å². The number of benzene rings is 2. The first kappa shape index (κ1) is 19.0. The molecule has 2 radical (unpaired) electrons. The molecule has 0 spiro atoms. The zero-order valence-corrected chi connectivity index (χ0v) is 16.4. The molecule has 2 aromatic carbocycles. The van der Waals surface area contributed by atoms with Crippen LogP contribution in [0.2, 0.25) is 0 Å². The highest BCUT2D eigenvalue weighted by atomic mass is 32.2. The second-order valence-corrected chi connectivity index (χ2v) is 8.67. The van der Waals surface area contributed by atoms with E-state index in [0.29, 0.717) is 16.1 Å². The van der Waals surface area contributed by atoms with E-state index in [1.165, 1.54) is 0 Å². The molecule has 1 N–H and O–H groups in total. The van der Waals surface area contributed by atoms with Gasteiger partial charge in [0.1, 0.15) is 13.6 Å². The monoisotopic (exact) mass is 367 g/mol. The second-order valence-electron chi connectivity index (χ2n) is 7.25. The van der Waals surface area contributed by atoms with Gasteiger partial charge in [-0.1, -0.05) is 50.4 Å². The van der Waals surface area contributed by atoms with Crippen LogP contribution in [0.4, 0.5) is 11.4 Å². The van der Waals surface area contributed by atoms with Gasteiger partial charge < -0.3 is 10.0 Å². The van der Waals surface area contributed by atoms with E-state index in [2.05, 4.69) is 30.9 Å². The summed E-state index contributed by atoms with van der Waals surface area (Å²) in [6.45, 7) is 5.19. The smallest absolute Gasteiger partial charge is 0.119 e. The lowest BCUT2D eigenvalue weighted by Crippen LogP contribution is -2.37. The Labute approximate surface area is 160 Å². The van der Waals surface area contributed by atoms with Crippen LogP contribution in [-0.4, -0.2) is 29.5 Å². The Morgan fingerprint density at radius 2 is 1.96 bits per heavy atom. The molecule has 0 aromatic heterocycles. The first-order valence-corrected chi connectivity index (χ1v) is 10.6. The van der Waals surface area contributed by atoms with Gasteiger partial charge in [0.05, 0.1) is 21.4 Å². The Morgan fingerprint density at radius 3 is 2.62 bits per heavy atom. The number of hydrogen-bond donors (Lipinski definition) is 1. The lowest BCUT2D eigenvalue weighted by atomic mass is 9.81. The van der Waals surface area contributed by atoms with E-state index in [1.807, 2.05) is 18.2 Å². The first-order valence-electron chi connectivity index (χ1n) is 9.33. The van der Waals surface area contributed by atoms with E-state index in [0.717, 1.165) is 43.6 Å². The van der Waals surface area contributed by atoms with Crippen LogP contribution in [0.1, 0.15) is 39.5 Å². The minimum absolute atomic E-state index is 0.00247. The van der Waals surface area contributed by atoms with Crippen molar-refractivity contribution in [1.29, 1.82) is 0 Å². The number of anilines is 2. The maximum atomic E-state index is 13.2. The van der Waals surface area contributed by atoms with Crippen molar-refractivity contribution in [3.05, 3.63) is 42.5 Å². The molecular weight excluding hydrogens is 341 g/mol. The third-order valence-corrected chi connectivity index (χ3v) is 7.15. The topological polar surface area (TPSA) is 40.5 Å². The summed E-state index contributed by atoms with van der Waals surface area (Å²) in [7, 11) is 4.81. The normalized spacial score (nSPS) is 22.7. The molecule has 26 heavy (non-hydrogen) atoms. The molecule has 0 saturated heterocycles. The molecule has 2 atom stereocenters. The predicted octanol–water partition coefficient (Wildman–Crippen LogP) is 4.03. The maximum absolute atomic E-state index is 13.2. The summed E-state index contributed by atoms with van der Waals surface area (Å²) in [5, 5.41) is 10.1. The molecule has 0 bridgehead atoms. The fourth-order valence-corrected chi connectivity index (χ4v) is 5.52. The standard InChI is InChI=1S/C21H26BNO2S/c1-3-5-11-21(4-2)14-23(16-9-7-6-8-10-16)18-12-17(22)19(24)13-20(18)26(25)15-21/h6-10,12-13,24H,3-5,11,14-15H2,1-2H3. The van der Waals surface area contributed by atoms with Crippen molar-refractivity contribution in [3.8, 4) is 5.75 Å². The van der Waals surface area contributed by atoms with E-state index < -0.39 is 10.8 Å². The van der Waals surface area contributed by atoms with Crippen LogP contribution in [0.5, 0.6) is 5.75 Å². The van der Waals surface area contributed by atoms with Crippen molar-refractivity contribution >= 4 is 35.5 Å². The fourth-order valence-electron chi connectivity index (χ4n) is 3.72. The third-order valence-electron chi connectivity index (χ3n) is 5.45. The number of rotatable bonds is 5. The lowest BCUT2D eigenvalue weighted by Gasteiger charge is -2.36. The van der Waals surface area contributed by atoms with Gasteiger partial charge in [-0.15, -0.1) is 0 Å². The van der Waals surface area contributed by atoms with Gasteiger partial charge in [-0.25, -0.2) is 0 Å². The minimum Gasteiger partial charge on any atom is -0.509 e. The van der Waals surface area contributed by atoms with Crippen molar-refractivity contribution in [1.82, 2.24) is 0 Å². The van der Waals surface area contributed by atoms with Crippen molar-refractivity contribution < 1.29 is 9.32 Å². The predicted molar refractivity (Wildman–Crippen MR) is 110 cm³/mol. The van der Waals surface area contributed by atoms with Crippen molar-refractivity contribution in [2.45, 2.75) is 44.4 Å². The Bertz CT molecular complexity index is 796. The van der Waals surface area contributed by atoms with Crippen LogP contribution >= 0.6 is 0 Å². The SMILES string of the molecule is [B]c1cc2c(cc1O)S(=O)CC(CC)(CCCC)CN2c1ccccc1. The Morgan fingerprint density at radius 1 is 1.23 bits per heavy atom. The molecule has 136 valence electrons. The van der Waals surface area contributed by atoms with E-state index in [4.69, 9.17) is 7.85 Å². The Kier molecular flexibility index (Phi) is 5.76. The fraction of sp³-hybridized carbons (Fsp3) is 0.429. The van der Waals surface area contributed by atoms with Gasteiger partial charge >= 0.3 is 0 Å². The summed E-state index contributed by atoms with van der Waals surface area (Å²) < 4.78 is 13.2. The highest BCUT2D eigenvalue weighted by Gasteiger charge is 2.37. The van der Waals surface area contributed by atoms with Crippen LogP contribution in [-0.2, 0) is 10.8 Å². The first-order chi connectivity index (χ1) is 12.5. The summed E-state index contributed by atoms with van der Waals surface area (Å²) in [6.07, 6.45) is 4.26. The number of para-hydroxylation sites is 1. The van der Waals surface area contributed by atoms with Crippen molar-refractivity contribution in [2.75, 3.05) is 17.2 Å². The molecule has 2 aromatic rings. The van der Waals surface area contributed by atoms with Crippen LogP contribution in [0.3, 0.4) is 0 Å². The summed E-state index contributed by atoms with van der Waals surface area (Å²) >= 11 is 0. The number of fused-ring (bicyclic) bond motifs is 1. The van der Waals surface area contributed by atoms with Gasteiger partial charge in [0.15, 0.2) is 0 Å². The van der Waals surface area contributed by atoms with E-state index in [-0.39, 0.29) is 11.2 Å². The van der Waals surface area contributed by atoms with Crippen LogP contribution in [0.25, 0.3) is 0 Å². The molecule has 1 aliphatic heterocycles. The third kappa shape index (κ3) is 3.68. The summed E-state index contributed by atoms with van der Waals surface area (Å²) in [5.41, 5.74) is 2.20. The molecule has 1 aliphatic rings. The molecule has 3 rings (SSSR count). The molecule has 0 saturated carbocycles. The number of nitrogens with zero attached hydrogens (tertiary/aromatic N) is 1. The van der Waals surface area contributed by atoms with E-state index in [9.17, 15) is 9.32 Å². The molecule has 0 aliphatic carbocycles. The van der Waals surface area contributed by atoms with Crippen molar-refractivity contribution in [2.24, 2.45) is 5.41 Å². The number of phenols is 1. The molecular formula is C21H26BNO2S. The quantitative estimate of drug-likeness (QED) is 0.811. The van der Waals surface area contributed by atoms with E-state index >= 15 is 0 Å². The number of hydrogen-bond acceptors (Lipinski definition) is 3. The summed E-state index contributed by atoms with van der Waals surface area (Å²) in [5.74, 6) is 0.617. The lowest BCUT2D eigenvalue weighted by molar-refractivity contribution is 0.293. The summed E-state index contributed by atoms with van der Waals surface area (Å²) in [6, 6.07) is 13.5. The van der Waals surface area contributed by atoms with Crippen molar-refractivity contribution in [3.63, 3.8) is 0 Å². The number of aromatic hydroxyl groups is 1. The van der Waals surface area contributed by atoms with Gasteiger partial charge in [-0.05, 0) is 42.5 Å². The molecule has 5 heteroatoms. The van der Waals surface area contributed by atoms with E-state index in [1.54, 1.807) is 12.1 Å². The second kappa shape index (κ2) is 7.87. The maximum Gasteiger partial charge on any atom is 0.119 e. The molecule has 2 unspecified atom stereocenters. The highest BCUT2D eigenvalue weighted by molar-refractivity contribution is 7.85. The number of phenolic OH excluding ortho intramolecular Hbond substituents is 1. The van der Waals surface area contributed by atoms with Crippen LogP contribution in [0, 0.1) is 5.41 Å². The van der Waals surface area contributed by atoms with Gasteiger partial charge in [0.25, 0.3) is 0 Å². The Balaban J connectivity index is 2.16. The summed E-state index contributed by atoms with van der Waals surface area (Å²) in [4.78, 5) is 2.90.